The molecule has 1 aromatic carbocycles. The third-order valence-electron chi connectivity index (χ3n) is 1.87. The van der Waals surface area contributed by atoms with Crippen LogP contribution in [-0.2, 0) is 6.42 Å². The number of hydrogen-bond donors (Lipinski definition) is 0. The standard InChI is InChI=1S/C12H15Cl/c13-11-7-2-1-4-8-12-9-5-3-6-10-12/h1,3-6,9-10H,2,7-8,11H2/b4-1+. The van der Waals surface area contributed by atoms with E-state index in [1.165, 1.54) is 5.56 Å². The highest BCUT2D eigenvalue weighted by atomic mass is 35.5. The van der Waals surface area contributed by atoms with Crippen molar-refractivity contribution in [2.24, 2.45) is 0 Å². The summed E-state index contributed by atoms with van der Waals surface area (Å²) < 4.78 is 0. The molecule has 0 amide bonds. The predicted octanol–water partition coefficient (Wildman–Crippen LogP) is 3.80. The number of rotatable bonds is 5. The van der Waals surface area contributed by atoms with E-state index in [2.05, 4.69) is 36.4 Å². The molecule has 1 rings (SSSR count). The average molecular weight is 195 g/mol. The Balaban J connectivity index is 2.23. The van der Waals surface area contributed by atoms with E-state index in [1.54, 1.807) is 0 Å². The highest BCUT2D eigenvalue weighted by Gasteiger charge is 1.85. The van der Waals surface area contributed by atoms with Gasteiger partial charge in [-0.2, -0.15) is 0 Å². The number of alkyl halides is 1. The van der Waals surface area contributed by atoms with E-state index in [0.29, 0.717) is 0 Å². The first-order chi connectivity index (χ1) is 6.43. The maximum atomic E-state index is 5.56. The molecular formula is C12H15Cl. The van der Waals surface area contributed by atoms with Gasteiger partial charge in [0.2, 0.25) is 0 Å². The quantitative estimate of drug-likeness (QED) is 0.380. The zero-order chi connectivity index (χ0) is 9.36. The van der Waals surface area contributed by atoms with Crippen LogP contribution in [0.1, 0.15) is 18.4 Å². The summed E-state index contributed by atoms with van der Waals surface area (Å²) in [4.78, 5) is 0. The van der Waals surface area contributed by atoms with Crippen molar-refractivity contribution in [1.82, 2.24) is 0 Å². The van der Waals surface area contributed by atoms with Crippen LogP contribution in [0.5, 0.6) is 0 Å². The minimum absolute atomic E-state index is 0.760. The van der Waals surface area contributed by atoms with Gasteiger partial charge in [-0.15, -0.1) is 11.6 Å². The molecule has 0 heterocycles. The normalized spacial score (nSPS) is 10.8. The molecule has 0 atom stereocenters. The molecule has 0 nitrogen and oxygen atoms in total. The summed E-state index contributed by atoms with van der Waals surface area (Å²) in [6.45, 7) is 0. The van der Waals surface area contributed by atoms with Crippen molar-refractivity contribution in [2.75, 3.05) is 5.88 Å². The zero-order valence-electron chi connectivity index (χ0n) is 7.75. The van der Waals surface area contributed by atoms with Gasteiger partial charge in [-0.3, -0.25) is 0 Å². The molecule has 13 heavy (non-hydrogen) atoms. The Morgan fingerprint density at radius 2 is 1.85 bits per heavy atom. The van der Waals surface area contributed by atoms with Gasteiger partial charge in [-0.25, -0.2) is 0 Å². The van der Waals surface area contributed by atoms with Crippen LogP contribution in [0.15, 0.2) is 42.5 Å². The molecular weight excluding hydrogens is 180 g/mol. The first kappa shape index (κ1) is 10.3. The summed E-state index contributed by atoms with van der Waals surface area (Å²) >= 11 is 5.56. The van der Waals surface area contributed by atoms with E-state index in [-0.39, 0.29) is 0 Å². The average Bonchev–Trinajstić information content (AvgIpc) is 2.19. The number of unbranched alkanes of at least 4 members (excludes halogenated alkanes) is 1. The number of halogens is 1. The Kier molecular flexibility index (Phi) is 5.35. The molecule has 0 fully saturated rings. The Morgan fingerprint density at radius 1 is 1.08 bits per heavy atom. The maximum Gasteiger partial charge on any atom is 0.0226 e. The largest absolute Gasteiger partial charge is 0.127 e. The van der Waals surface area contributed by atoms with Gasteiger partial charge in [0.1, 0.15) is 0 Å². The van der Waals surface area contributed by atoms with Crippen LogP contribution in [0.3, 0.4) is 0 Å². The van der Waals surface area contributed by atoms with Crippen LogP contribution in [0.4, 0.5) is 0 Å². The fraction of sp³-hybridized carbons (Fsp3) is 0.333. The molecule has 0 N–H and O–H groups in total. The van der Waals surface area contributed by atoms with Crippen LogP contribution in [-0.4, -0.2) is 5.88 Å². The summed E-state index contributed by atoms with van der Waals surface area (Å²) in [7, 11) is 0. The molecule has 0 unspecified atom stereocenters. The van der Waals surface area contributed by atoms with Gasteiger partial charge < -0.3 is 0 Å². The van der Waals surface area contributed by atoms with Crippen molar-refractivity contribution in [1.29, 1.82) is 0 Å². The lowest BCUT2D eigenvalue weighted by molar-refractivity contribution is 0.961. The third-order valence-corrected chi connectivity index (χ3v) is 2.13. The zero-order valence-corrected chi connectivity index (χ0v) is 8.50. The lowest BCUT2D eigenvalue weighted by Gasteiger charge is -1.93. The molecule has 0 radical (unpaired) electrons. The predicted molar refractivity (Wildman–Crippen MR) is 59.2 cm³/mol. The Labute approximate surface area is 85.2 Å². The van der Waals surface area contributed by atoms with Crippen molar-refractivity contribution in [3.63, 3.8) is 0 Å². The first-order valence-electron chi connectivity index (χ1n) is 4.68. The number of allylic oxidation sites excluding steroid dienone is 2. The topological polar surface area (TPSA) is 0 Å². The molecule has 1 aromatic rings. The van der Waals surface area contributed by atoms with Crippen LogP contribution >= 0.6 is 11.6 Å². The van der Waals surface area contributed by atoms with Crippen LogP contribution < -0.4 is 0 Å². The third kappa shape index (κ3) is 4.74. The highest BCUT2D eigenvalue weighted by Crippen LogP contribution is 2.01. The van der Waals surface area contributed by atoms with Crippen LogP contribution in [0.2, 0.25) is 0 Å². The Morgan fingerprint density at radius 3 is 2.54 bits per heavy atom. The van der Waals surface area contributed by atoms with E-state index in [0.717, 1.165) is 25.1 Å². The van der Waals surface area contributed by atoms with Crippen molar-refractivity contribution < 1.29 is 0 Å². The molecule has 0 saturated carbocycles. The molecule has 0 bridgehead atoms. The SMILES string of the molecule is ClCCC/C=C/Cc1ccccc1. The van der Waals surface area contributed by atoms with Crippen LogP contribution in [0, 0.1) is 0 Å². The highest BCUT2D eigenvalue weighted by molar-refractivity contribution is 6.17. The summed E-state index contributed by atoms with van der Waals surface area (Å²) in [6, 6.07) is 10.5. The molecule has 0 aromatic heterocycles. The van der Waals surface area contributed by atoms with Gasteiger partial charge in [0.15, 0.2) is 0 Å². The lowest BCUT2D eigenvalue weighted by atomic mass is 10.1. The van der Waals surface area contributed by atoms with Crippen molar-refractivity contribution >= 4 is 11.6 Å². The molecule has 0 saturated heterocycles. The summed E-state index contributed by atoms with van der Waals surface area (Å²) in [6.07, 6.45) is 7.61. The molecule has 0 aliphatic rings. The smallest absolute Gasteiger partial charge is 0.0226 e. The fourth-order valence-electron chi connectivity index (χ4n) is 1.15. The number of hydrogen-bond acceptors (Lipinski definition) is 0. The molecule has 0 aliphatic carbocycles. The lowest BCUT2D eigenvalue weighted by Crippen LogP contribution is -1.78. The van der Waals surface area contributed by atoms with Gasteiger partial charge in [-0.05, 0) is 24.8 Å². The van der Waals surface area contributed by atoms with Gasteiger partial charge in [0.25, 0.3) is 0 Å². The van der Waals surface area contributed by atoms with Gasteiger partial charge >= 0.3 is 0 Å². The van der Waals surface area contributed by atoms with E-state index >= 15 is 0 Å². The maximum absolute atomic E-state index is 5.56. The monoisotopic (exact) mass is 194 g/mol. The van der Waals surface area contributed by atoms with E-state index in [9.17, 15) is 0 Å². The second-order valence-electron chi connectivity index (χ2n) is 2.99. The molecule has 0 spiro atoms. The van der Waals surface area contributed by atoms with Crippen molar-refractivity contribution in [3.8, 4) is 0 Å². The van der Waals surface area contributed by atoms with E-state index < -0.39 is 0 Å². The van der Waals surface area contributed by atoms with E-state index in [1.807, 2.05) is 6.07 Å². The summed E-state index contributed by atoms with van der Waals surface area (Å²) in [5.41, 5.74) is 1.37. The minimum Gasteiger partial charge on any atom is -0.127 e. The Hall–Kier alpha value is -0.750. The summed E-state index contributed by atoms with van der Waals surface area (Å²) in [5, 5.41) is 0. The number of benzene rings is 1. The first-order valence-corrected chi connectivity index (χ1v) is 5.22. The van der Waals surface area contributed by atoms with Gasteiger partial charge in [-0.1, -0.05) is 42.5 Å². The second-order valence-corrected chi connectivity index (χ2v) is 3.37. The molecule has 70 valence electrons. The fourth-order valence-corrected chi connectivity index (χ4v) is 1.30. The van der Waals surface area contributed by atoms with Crippen molar-refractivity contribution in [2.45, 2.75) is 19.3 Å². The Bertz CT molecular complexity index is 239. The van der Waals surface area contributed by atoms with Gasteiger partial charge in [0.05, 0.1) is 0 Å². The summed E-state index contributed by atoms with van der Waals surface area (Å²) in [5.74, 6) is 0.760. The van der Waals surface area contributed by atoms with Crippen molar-refractivity contribution in [3.05, 3.63) is 48.0 Å². The second kappa shape index (κ2) is 6.73. The van der Waals surface area contributed by atoms with Crippen LogP contribution in [0.25, 0.3) is 0 Å². The van der Waals surface area contributed by atoms with E-state index in [4.69, 9.17) is 11.6 Å². The molecule has 1 heteroatoms. The van der Waals surface area contributed by atoms with Gasteiger partial charge in [0, 0.05) is 5.88 Å². The minimum atomic E-state index is 0.760. The molecule has 0 aliphatic heterocycles.